The predicted octanol–water partition coefficient (Wildman–Crippen LogP) is 1.25. The van der Waals surface area contributed by atoms with Gasteiger partial charge in [-0.25, -0.2) is 0 Å². The number of nitrogens with zero attached hydrogens (tertiary/aromatic N) is 5. The van der Waals surface area contributed by atoms with Crippen molar-refractivity contribution in [1.29, 1.82) is 0 Å². The molecule has 0 unspecified atom stereocenters. The number of rotatable bonds is 9. The molecule has 34 heavy (non-hydrogen) atoms. The van der Waals surface area contributed by atoms with E-state index in [1.54, 1.807) is 18.5 Å². The van der Waals surface area contributed by atoms with Crippen molar-refractivity contribution in [1.82, 2.24) is 25.5 Å². The van der Waals surface area contributed by atoms with Crippen LogP contribution in [0.3, 0.4) is 0 Å². The van der Waals surface area contributed by atoms with Crippen molar-refractivity contribution in [3.05, 3.63) is 24.3 Å². The summed E-state index contributed by atoms with van der Waals surface area (Å²) in [5.74, 6) is -0.573. The summed E-state index contributed by atoms with van der Waals surface area (Å²) in [6, 6.07) is 7.11. The molecule has 2 N–H and O–H groups in total. The first-order valence-electron chi connectivity index (χ1n) is 11.1. The number of hydrogen-bond donors (Lipinski definition) is 2. The van der Waals surface area contributed by atoms with E-state index in [4.69, 9.17) is 19.3 Å². The predicted molar refractivity (Wildman–Crippen MR) is 120 cm³/mol. The van der Waals surface area contributed by atoms with Crippen LogP contribution in [0.4, 0.5) is 5.69 Å². The molecule has 1 amide bonds. The smallest absolute Gasteiger partial charge is 0.341 e. The monoisotopic (exact) mass is 474 g/mol. The molecule has 2 aromatic rings. The van der Waals surface area contributed by atoms with E-state index in [1.165, 1.54) is 0 Å². The highest BCUT2D eigenvalue weighted by Gasteiger charge is 2.50. The van der Waals surface area contributed by atoms with E-state index in [2.05, 4.69) is 20.8 Å². The maximum absolute atomic E-state index is 12.6. The molecule has 2 fully saturated rings. The molecule has 4 rings (SSSR count). The lowest BCUT2D eigenvalue weighted by Crippen LogP contribution is -2.45. The molecule has 4 atom stereocenters. The summed E-state index contributed by atoms with van der Waals surface area (Å²) in [6.45, 7) is 4.08. The van der Waals surface area contributed by atoms with E-state index < -0.39 is 11.4 Å². The molecule has 1 aromatic heterocycles. The Labute approximate surface area is 197 Å². The molecule has 2 saturated heterocycles. The Morgan fingerprint density at radius 3 is 2.74 bits per heavy atom. The lowest BCUT2D eigenvalue weighted by Gasteiger charge is -2.24. The molecule has 184 valence electrons. The van der Waals surface area contributed by atoms with Gasteiger partial charge >= 0.3 is 12.0 Å². The van der Waals surface area contributed by atoms with E-state index in [0.29, 0.717) is 12.4 Å². The van der Waals surface area contributed by atoms with E-state index in [-0.39, 0.29) is 55.7 Å². The standard InChI is InChI=1S/C22H30N6O6/c1-22(2,10-18(30)31)9-17(29)23-15-11-32-20-16(12-33-19(15)20)28-21(24-25-26-28)34-14-7-5-6-13(8-14)27(3)4/h5-8,15-16,19-20H,9-12H2,1-4H3,(H,23,29)(H,30,31)/t15-,16-,19+,20+/m0/s1. The number of amides is 1. The summed E-state index contributed by atoms with van der Waals surface area (Å²) >= 11 is 0. The Hall–Kier alpha value is -3.25. The minimum atomic E-state index is -0.933. The molecule has 3 heterocycles. The van der Waals surface area contributed by atoms with Gasteiger partial charge in [-0.15, -0.1) is 0 Å². The van der Waals surface area contributed by atoms with Gasteiger partial charge in [0.2, 0.25) is 5.91 Å². The molecular formula is C22H30N6O6. The number of anilines is 1. The van der Waals surface area contributed by atoms with E-state index in [1.807, 2.05) is 43.3 Å². The van der Waals surface area contributed by atoms with Gasteiger partial charge in [-0.05, 0) is 28.0 Å². The van der Waals surface area contributed by atoms with Gasteiger partial charge in [-0.1, -0.05) is 25.0 Å². The lowest BCUT2D eigenvalue weighted by molar-refractivity contribution is -0.139. The number of hydrogen-bond acceptors (Lipinski definition) is 9. The molecule has 2 aliphatic rings. The van der Waals surface area contributed by atoms with Crippen LogP contribution < -0.4 is 15.0 Å². The first-order valence-corrected chi connectivity index (χ1v) is 11.1. The molecule has 0 radical (unpaired) electrons. The first kappa shape index (κ1) is 23.9. The summed E-state index contributed by atoms with van der Waals surface area (Å²) in [5, 5.41) is 23.8. The van der Waals surface area contributed by atoms with E-state index >= 15 is 0 Å². The van der Waals surface area contributed by atoms with Crippen LogP contribution in [0.2, 0.25) is 0 Å². The molecule has 12 nitrogen and oxygen atoms in total. The normalized spacial score (nSPS) is 24.0. The van der Waals surface area contributed by atoms with Gasteiger partial charge in [-0.2, -0.15) is 4.68 Å². The highest BCUT2D eigenvalue weighted by molar-refractivity contribution is 5.78. The number of tetrazole rings is 1. The second-order valence-electron chi connectivity index (χ2n) is 9.65. The van der Waals surface area contributed by atoms with Gasteiger partial charge < -0.3 is 29.5 Å². The Bertz CT molecular complexity index is 1040. The van der Waals surface area contributed by atoms with Gasteiger partial charge in [0.1, 0.15) is 24.0 Å². The van der Waals surface area contributed by atoms with Gasteiger partial charge in [0.05, 0.1) is 25.7 Å². The number of carboxylic acid groups (broad SMARTS) is 1. The maximum atomic E-state index is 12.6. The number of ether oxygens (including phenoxy) is 3. The highest BCUT2D eigenvalue weighted by atomic mass is 16.6. The number of carbonyl (C=O) groups excluding carboxylic acids is 1. The van der Waals surface area contributed by atoms with Crippen molar-refractivity contribution in [3.63, 3.8) is 0 Å². The fourth-order valence-electron chi connectivity index (χ4n) is 4.37. The van der Waals surface area contributed by atoms with Crippen LogP contribution >= 0.6 is 0 Å². The maximum Gasteiger partial charge on any atom is 0.341 e. The number of aliphatic carboxylic acids is 1. The second kappa shape index (κ2) is 9.55. The quantitative estimate of drug-likeness (QED) is 0.545. The number of aromatic nitrogens is 4. The minimum Gasteiger partial charge on any atom is -0.481 e. The van der Waals surface area contributed by atoms with Crippen molar-refractivity contribution < 1.29 is 28.9 Å². The number of carbonyl (C=O) groups is 2. The molecule has 12 heteroatoms. The largest absolute Gasteiger partial charge is 0.481 e. The summed E-state index contributed by atoms with van der Waals surface area (Å²) in [5.41, 5.74) is 0.321. The summed E-state index contributed by atoms with van der Waals surface area (Å²) < 4.78 is 19.4. The van der Waals surface area contributed by atoms with Crippen molar-refractivity contribution in [2.45, 2.75) is 51.0 Å². The SMILES string of the molecule is CN(C)c1cccc(Oc2nnnn2[C@H]2CO[C@H]3[C@@H]2OC[C@@H]3NC(=O)CC(C)(C)CC(=O)O)c1. The van der Waals surface area contributed by atoms with Crippen LogP contribution in [-0.4, -0.2) is 82.7 Å². The Balaban J connectivity index is 1.40. The van der Waals surface area contributed by atoms with Crippen LogP contribution in [0.25, 0.3) is 0 Å². The molecule has 2 aliphatic heterocycles. The average Bonchev–Trinajstić information content (AvgIpc) is 3.44. The zero-order chi connectivity index (χ0) is 24.5. The number of nitrogens with one attached hydrogen (secondary N) is 1. The Kier molecular flexibility index (Phi) is 6.71. The molecule has 1 aromatic carbocycles. The van der Waals surface area contributed by atoms with E-state index in [9.17, 15) is 9.59 Å². The second-order valence-corrected chi connectivity index (χ2v) is 9.65. The molecule has 0 aliphatic carbocycles. The first-order chi connectivity index (χ1) is 16.1. The molecular weight excluding hydrogens is 444 g/mol. The van der Waals surface area contributed by atoms with Gasteiger partial charge in [0.25, 0.3) is 0 Å². The Morgan fingerprint density at radius 2 is 2.00 bits per heavy atom. The van der Waals surface area contributed by atoms with Crippen LogP contribution in [0, 0.1) is 5.41 Å². The fourth-order valence-corrected chi connectivity index (χ4v) is 4.37. The van der Waals surface area contributed by atoms with Gasteiger partial charge in [-0.3, -0.25) is 9.59 Å². The average molecular weight is 475 g/mol. The fraction of sp³-hybridized carbons (Fsp3) is 0.591. The van der Waals surface area contributed by atoms with Crippen LogP contribution in [0.15, 0.2) is 24.3 Å². The number of benzene rings is 1. The van der Waals surface area contributed by atoms with Crippen molar-refractivity contribution >= 4 is 17.6 Å². The summed E-state index contributed by atoms with van der Waals surface area (Å²) in [7, 11) is 3.89. The molecule has 0 bridgehead atoms. The zero-order valence-corrected chi connectivity index (χ0v) is 19.7. The van der Waals surface area contributed by atoms with Gasteiger partial charge in [0.15, 0.2) is 0 Å². The van der Waals surface area contributed by atoms with Crippen LogP contribution in [-0.2, 0) is 19.1 Å². The van der Waals surface area contributed by atoms with Crippen LogP contribution in [0.5, 0.6) is 11.8 Å². The summed E-state index contributed by atoms with van der Waals surface area (Å²) in [6.07, 6.45) is -0.735. The third kappa shape index (κ3) is 5.28. The zero-order valence-electron chi connectivity index (χ0n) is 19.7. The van der Waals surface area contributed by atoms with Crippen molar-refractivity contribution in [3.8, 4) is 11.8 Å². The summed E-state index contributed by atoms with van der Waals surface area (Å²) in [4.78, 5) is 25.5. The van der Waals surface area contributed by atoms with Crippen molar-refractivity contribution in [2.24, 2.45) is 5.41 Å². The minimum absolute atomic E-state index is 0.0909. The van der Waals surface area contributed by atoms with Crippen molar-refractivity contribution in [2.75, 3.05) is 32.2 Å². The van der Waals surface area contributed by atoms with Crippen LogP contribution in [0.1, 0.15) is 32.7 Å². The lowest BCUT2D eigenvalue weighted by atomic mass is 9.85. The number of carboxylic acids is 1. The number of fused-ring (bicyclic) bond motifs is 1. The highest BCUT2D eigenvalue weighted by Crippen LogP contribution is 2.36. The molecule has 0 spiro atoms. The van der Waals surface area contributed by atoms with Gasteiger partial charge in [0, 0.05) is 32.3 Å². The van der Waals surface area contributed by atoms with E-state index in [0.717, 1.165) is 5.69 Å². The topological polar surface area (TPSA) is 141 Å². The third-order valence-electron chi connectivity index (χ3n) is 5.96. The third-order valence-corrected chi connectivity index (χ3v) is 5.96. The molecule has 0 saturated carbocycles. The Morgan fingerprint density at radius 1 is 1.24 bits per heavy atom.